The zero-order chi connectivity index (χ0) is 16.9. The first kappa shape index (κ1) is 17.2. The van der Waals surface area contributed by atoms with E-state index in [9.17, 15) is 9.59 Å². The number of likely N-dealkylation sites (tertiary alicyclic amines) is 1. The quantitative estimate of drug-likeness (QED) is 0.757. The maximum atomic E-state index is 12.6. The van der Waals surface area contributed by atoms with Gasteiger partial charge in [-0.15, -0.1) is 0 Å². The smallest absolute Gasteiger partial charge is 0.226 e. The second-order valence-corrected chi connectivity index (χ2v) is 7.59. The van der Waals surface area contributed by atoms with E-state index in [4.69, 9.17) is 0 Å². The summed E-state index contributed by atoms with van der Waals surface area (Å²) in [4.78, 5) is 27.1. The molecule has 0 aromatic heterocycles. The molecule has 0 bridgehead atoms. The Morgan fingerprint density at radius 2 is 1.71 bits per heavy atom. The van der Waals surface area contributed by atoms with Crippen molar-refractivity contribution in [3.63, 3.8) is 0 Å². The van der Waals surface area contributed by atoms with Gasteiger partial charge in [0, 0.05) is 31.3 Å². The Balaban J connectivity index is 1.53. The van der Waals surface area contributed by atoms with Crippen LogP contribution in [0.3, 0.4) is 0 Å². The fourth-order valence-electron chi connectivity index (χ4n) is 4.07. The second-order valence-electron chi connectivity index (χ2n) is 7.59. The van der Waals surface area contributed by atoms with Crippen LogP contribution in [0.2, 0.25) is 0 Å². The Bertz CT molecular complexity index is 570. The summed E-state index contributed by atoms with van der Waals surface area (Å²) in [7, 11) is 0. The second kappa shape index (κ2) is 7.96. The number of hydrogen-bond acceptors (Lipinski definition) is 2. The standard InChI is InChI=1S/C21H29NO2/c1-16-8-10-17(11-9-16)15-22-13-12-19(21(22)24)14-20(23)18-6-4-2-3-5-7-18/h8-11,18-19H,2-7,12-15H2,1H3. The van der Waals surface area contributed by atoms with E-state index in [0.29, 0.717) is 18.7 Å². The van der Waals surface area contributed by atoms with Crippen molar-refractivity contribution in [1.82, 2.24) is 4.90 Å². The van der Waals surface area contributed by atoms with Crippen molar-refractivity contribution in [2.24, 2.45) is 11.8 Å². The van der Waals surface area contributed by atoms with Crippen molar-refractivity contribution in [2.75, 3.05) is 6.54 Å². The van der Waals surface area contributed by atoms with E-state index in [1.807, 2.05) is 4.90 Å². The van der Waals surface area contributed by atoms with E-state index in [1.54, 1.807) is 0 Å². The number of amides is 1. The van der Waals surface area contributed by atoms with E-state index < -0.39 is 0 Å². The summed E-state index contributed by atoms with van der Waals surface area (Å²) < 4.78 is 0. The van der Waals surface area contributed by atoms with Crippen LogP contribution in [-0.4, -0.2) is 23.1 Å². The molecule has 1 saturated heterocycles. The Morgan fingerprint density at radius 3 is 2.38 bits per heavy atom. The minimum Gasteiger partial charge on any atom is -0.338 e. The highest BCUT2D eigenvalue weighted by Gasteiger charge is 2.34. The Kier molecular flexibility index (Phi) is 5.70. The van der Waals surface area contributed by atoms with E-state index >= 15 is 0 Å². The zero-order valence-corrected chi connectivity index (χ0v) is 14.8. The lowest BCUT2D eigenvalue weighted by molar-refractivity contribution is -0.135. The number of hydrogen-bond donors (Lipinski definition) is 0. The van der Waals surface area contributed by atoms with Crippen LogP contribution in [-0.2, 0) is 16.1 Å². The van der Waals surface area contributed by atoms with Gasteiger partial charge in [0.2, 0.25) is 5.91 Å². The van der Waals surface area contributed by atoms with Crippen molar-refractivity contribution >= 4 is 11.7 Å². The van der Waals surface area contributed by atoms with Gasteiger partial charge in [-0.1, -0.05) is 55.5 Å². The van der Waals surface area contributed by atoms with Gasteiger partial charge in [-0.05, 0) is 31.7 Å². The van der Waals surface area contributed by atoms with Crippen molar-refractivity contribution in [3.05, 3.63) is 35.4 Å². The van der Waals surface area contributed by atoms with Crippen LogP contribution >= 0.6 is 0 Å². The number of carbonyl (C=O) groups is 2. The molecule has 1 amide bonds. The van der Waals surface area contributed by atoms with E-state index in [0.717, 1.165) is 25.8 Å². The predicted molar refractivity (Wildman–Crippen MR) is 95.5 cm³/mol. The Labute approximate surface area is 145 Å². The van der Waals surface area contributed by atoms with E-state index in [1.165, 1.54) is 36.8 Å². The molecule has 1 unspecified atom stereocenters. The molecule has 1 heterocycles. The van der Waals surface area contributed by atoms with Gasteiger partial charge in [0.05, 0.1) is 0 Å². The number of nitrogens with zero attached hydrogens (tertiary/aromatic N) is 1. The van der Waals surface area contributed by atoms with E-state index in [2.05, 4.69) is 31.2 Å². The summed E-state index contributed by atoms with van der Waals surface area (Å²) in [5.41, 5.74) is 2.41. The summed E-state index contributed by atoms with van der Waals surface area (Å²) in [6, 6.07) is 8.35. The van der Waals surface area contributed by atoms with Crippen LogP contribution in [0.25, 0.3) is 0 Å². The molecule has 3 heteroatoms. The molecule has 1 aliphatic carbocycles. The van der Waals surface area contributed by atoms with Crippen LogP contribution in [0, 0.1) is 18.8 Å². The molecule has 1 saturated carbocycles. The van der Waals surface area contributed by atoms with Crippen molar-refractivity contribution < 1.29 is 9.59 Å². The summed E-state index contributed by atoms with van der Waals surface area (Å²) in [5, 5.41) is 0. The molecule has 3 nitrogen and oxygen atoms in total. The average molecular weight is 327 g/mol. The molecular weight excluding hydrogens is 298 g/mol. The van der Waals surface area contributed by atoms with Crippen molar-refractivity contribution in [2.45, 2.75) is 64.8 Å². The van der Waals surface area contributed by atoms with Crippen LogP contribution in [0.1, 0.15) is 62.5 Å². The first-order valence-corrected chi connectivity index (χ1v) is 9.50. The topological polar surface area (TPSA) is 37.4 Å². The minimum absolute atomic E-state index is 0.0776. The van der Waals surface area contributed by atoms with Gasteiger partial charge < -0.3 is 4.90 Å². The van der Waals surface area contributed by atoms with Gasteiger partial charge in [-0.25, -0.2) is 0 Å². The highest BCUT2D eigenvalue weighted by atomic mass is 16.2. The average Bonchev–Trinajstić information content (AvgIpc) is 2.81. The largest absolute Gasteiger partial charge is 0.338 e. The Morgan fingerprint density at radius 1 is 1.04 bits per heavy atom. The predicted octanol–water partition coefficient (Wildman–Crippen LogP) is 4.27. The third-order valence-electron chi connectivity index (χ3n) is 5.66. The Hall–Kier alpha value is -1.64. The number of benzene rings is 1. The number of rotatable bonds is 5. The van der Waals surface area contributed by atoms with E-state index in [-0.39, 0.29) is 17.7 Å². The lowest BCUT2D eigenvalue weighted by atomic mass is 9.89. The SMILES string of the molecule is Cc1ccc(CN2CCC(CC(=O)C3CCCCCC3)C2=O)cc1. The van der Waals surface area contributed by atoms with Gasteiger partial charge in [0.25, 0.3) is 0 Å². The maximum Gasteiger partial charge on any atom is 0.226 e. The van der Waals surface area contributed by atoms with Crippen LogP contribution in [0.5, 0.6) is 0 Å². The van der Waals surface area contributed by atoms with Gasteiger partial charge in [-0.3, -0.25) is 9.59 Å². The molecule has 1 aromatic carbocycles. The number of carbonyl (C=O) groups excluding carboxylic acids is 2. The molecule has 2 aliphatic rings. The molecule has 130 valence electrons. The first-order chi connectivity index (χ1) is 11.6. The molecule has 2 fully saturated rings. The van der Waals surface area contributed by atoms with Crippen LogP contribution in [0.4, 0.5) is 0 Å². The summed E-state index contributed by atoms with van der Waals surface area (Å²) >= 11 is 0. The summed E-state index contributed by atoms with van der Waals surface area (Å²) in [5.74, 6) is 0.655. The zero-order valence-electron chi connectivity index (χ0n) is 14.8. The molecule has 0 radical (unpaired) electrons. The number of aryl methyl sites for hydroxylation is 1. The van der Waals surface area contributed by atoms with Gasteiger partial charge in [0.1, 0.15) is 5.78 Å². The third kappa shape index (κ3) is 4.25. The molecule has 1 aliphatic heterocycles. The molecule has 1 aromatic rings. The minimum atomic E-state index is -0.0776. The highest BCUT2D eigenvalue weighted by Crippen LogP contribution is 2.29. The normalized spacial score (nSPS) is 22.6. The first-order valence-electron chi connectivity index (χ1n) is 9.50. The maximum absolute atomic E-state index is 12.6. The summed E-state index contributed by atoms with van der Waals surface area (Å²) in [6.45, 7) is 3.53. The number of ketones is 1. The monoisotopic (exact) mass is 327 g/mol. The summed E-state index contributed by atoms with van der Waals surface area (Å²) in [6.07, 6.45) is 8.24. The fourth-order valence-corrected chi connectivity index (χ4v) is 4.07. The number of Topliss-reactive ketones (excluding diaryl/α,β-unsaturated/α-hetero) is 1. The van der Waals surface area contributed by atoms with Crippen molar-refractivity contribution in [3.8, 4) is 0 Å². The van der Waals surface area contributed by atoms with Gasteiger partial charge in [0.15, 0.2) is 0 Å². The molecule has 3 rings (SSSR count). The fraction of sp³-hybridized carbons (Fsp3) is 0.619. The molecule has 0 spiro atoms. The lowest BCUT2D eigenvalue weighted by Gasteiger charge is -2.18. The van der Waals surface area contributed by atoms with Crippen molar-refractivity contribution in [1.29, 1.82) is 0 Å². The van der Waals surface area contributed by atoms with Crippen LogP contribution < -0.4 is 0 Å². The third-order valence-corrected chi connectivity index (χ3v) is 5.66. The van der Waals surface area contributed by atoms with Crippen LogP contribution in [0.15, 0.2) is 24.3 Å². The molecular formula is C21H29NO2. The van der Waals surface area contributed by atoms with Gasteiger partial charge >= 0.3 is 0 Å². The lowest BCUT2D eigenvalue weighted by Crippen LogP contribution is -2.28. The van der Waals surface area contributed by atoms with Gasteiger partial charge in [-0.2, -0.15) is 0 Å². The molecule has 1 atom stereocenters. The highest BCUT2D eigenvalue weighted by molar-refractivity contribution is 5.89. The molecule has 0 N–H and O–H groups in total. The molecule has 24 heavy (non-hydrogen) atoms.